The molecule has 45 heavy (non-hydrogen) atoms. The minimum absolute atomic E-state index is 0.00714. The lowest BCUT2D eigenvalue weighted by Crippen LogP contribution is -2.69. The summed E-state index contributed by atoms with van der Waals surface area (Å²) in [4.78, 5) is 45.0. The summed E-state index contributed by atoms with van der Waals surface area (Å²) < 4.78 is 0. The molecule has 7 heteroatoms. The summed E-state index contributed by atoms with van der Waals surface area (Å²) in [6, 6.07) is 3.56. The van der Waals surface area contributed by atoms with E-state index < -0.39 is 68.4 Å². The Balaban J connectivity index is 2.46. The first kappa shape index (κ1) is 35.8. The molecule has 2 aliphatic rings. The highest BCUT2D eigenvalue weighted by molar-refractivity contribution is 6.41. The summed E-state index contributed by atoms with van der Waals surface area (Å²) in [6.45, 7) is 23.1. The first-order valence-corrected chi connectivity index (χ1v) is 15.6. The van der Waals surface area contributed by atoms with E-state index in [1.165, 1.54) is 6.07 Å². The molecule has 5 atom stereocenters. The molecule has 1 unspecified atom stereocenters. The van der Waals surface area contributed by atoms with Gasteiger partial charge in [-0.1, -0.05) is 61.4 Å². The summed E-state index contributed by atoms with van der Waals surface area (Å²) in [5.74, 6) is -4.27. The third kappa shape index (κ3) is 6.24. The van der Waals surface area contributed by atoms with Crippen molar-refractivity contribution in [2.45, 2.75) is 93.6 Å². The number of benzene rings is 1. The average Bonchev–Trinajstić information content (AvgIpc) is 2.93. The fourth-order valence-corrected chi connectivity index (χ4v) is 7.18. The molecule has 1 aromatic rings. The first-order chi connectivity index (χ1) is 20.7. The number of ketones is 3. The van der Waals surface area contributed by atoms with Crippen molar-refractivity contribution in [3.63, 3.8) is 0 Å². The number of rotatable bonds is 11. The third-order valence-electron chi connectivity index (χ3n) is 10.3. The molecular formula is C38H50O7. The van der Waals surface area contributed by atoms with Crippen molar-refractivity contribution in [2.24, 2.45) is 28.1 Å². The van der Waals surface area contributed by atoms with Gasteiger partial charge in [0.1, 0.15) is 16.7 Å². The monoisotopic (exact) mass is 618 g/mol. The second kappa shape index (κ2) is 13.0. The fourth-order valence-electron chi connectivity index (χ4n) is 7.18. The Morgan fingerprint density at radius 1 is 0.933 bits per heavy atom. The number of carbonyl (C=O) groups is 3. The minimum atomic E-state index is -1.69. The second-order valence-electron chi connectivity index (χ2n) is 14.4. The van der Waals surface area contributed by atoms with Gasteiger partial charge in [-0.25, -0.2) is 0 Å². The van der Waals surface area contributed by atoms with Crippen molar-refractivity contribution in [1.29, 1.82) is 0 Å². The second-order valence-corrected chi connectivity index (χ2v) is 14.4. The lowest BCUT2D eigenvalue weighted by molar-refractivity contribution is -0.177. The van der Waals surface area contributed by atoms with E-state index in [4.69, 9.17) is 0 Å². The Bertz CT molecular complexity index is 1510. The topological polar surface area (TPSA) is 132 Å². The van der Waals surface area contributed by atoms with Gasteiger partial charge in [0.15, 0.2) is 28.8 Å². The van der Waals surface area contributed by atoms with Crippen molar-refractivity contribution in [3.05, 3.63) is 76.9 Å². The maximum Gasteiger partial charge on any atom is 0.184 e. The predicted octanol–water partition coefficient (Wildman–Crippen LogP) is 7.73. The highest BCUT2D eigenvalue weighted by Gasteiger charge is 2.74. The molecule has 0 aromatic heterocycles. The van der Waals surface area contributed by atoms with Gasteiger partial charge < -0.3 is 20.4 Å². The highest BCUT2D eigenvalue weighted by Crippen LogP contribution is 2.66. The quantitative estimate of drug-likeness (QED) is 0.0498. The molecule has 4 N–H and O–H groups in total. The number of phenolic OH excluding ortho intramolecular Hbond substituents is 2. The van der Waals surface area contributed by atoms with Gasteiger partial charge in [0.25, 0.3) is 0 Å². The summed E-state index contributed by atoms with van der Waals surface area (Å²) in [7, 11) is 0. The SMILES string of the molecule is C=C(C)C(C[C@@H](O)C(=C)C)C[C@@]12C[C@@H](CC=C(C)C)C(C)(C)[C@@](CC=C(C)C)(C(=O)C(=C(O)c3ccc(O)c(O)c3)C1=O)C2=O. The number of aromatic hydroxyl groups is 2. The summed E-state index contributed by atoms with van der Waals surface area (Å²) >= 11 is 0. The van der Waals surface area contributed by atoms with Crippen molar-refractivity contribution >= 4 is 23.1 Å². The Kier molecular flexibility index (Phi) is 10.3. The van der Waals surface area contributed by atoms with Gasteiger partial charge in [0.2, 0.25) is 0 Å². The maximum atomic E-state index is 15.2. The molecule has 244 valence electrons. The van der Waals surface area contributed by atoms with E-state index in [2.05, 4.69) is 19.2 Å². The van der Waals surface area contributed by atoms with Crippen LogP contribution >= 0.6 is 0 Å². The van der Waals surface area contributed by atoms with Gasteiger partial charge in [-0.2, -0.15) is 0 Å². The summed E-state index contributed by atoms with van der Waals surface area (Å²) in [5.41, 5.74) is -1.62. The van der Waals surface area contributed by atoms with E-state index in [1.807, 2.05) is 47.6 Å². The lowest BCUT2D eigenvalue weighted by atomic mass is 9.38. The van der Waals surface area contributed by atoms with E-state index >= 15 is 4.79 Å². The van der Waals surface area contributed by atoms with Crippen LogP contribution in [0.4, 0.5) is 0 Å². The Morgan fingerprint density at radius 2 is 1.53 bits per heavy atom. The first-order valence-electron chi connectivity index (χ1n) is 15.6. The zero-order valence-electron chi connectivity index (χ0n) is 28.1. The van der Waals surface area contributed by atoms with Gasteiger partial charge >= 0.3 is 0 Å². The molecule has 0 saturated heterocycles. The number of hydrogen-bond acceptors (Lipinski definition) is 7. The van der Waals surface area contributed by atoms with Crippen molar-refractivity contribution in [1.82, 2.24) is 0 Å². The molecule has 0 aliphatic heterocycles. The molecule has 7 nitrogen and oxygen atoms in total. The normalized spacial score (nSPS) is 26.5. The molecule has 2 aliphatic carbocycles. The molecule has 0 radical (unpaired) electrons. The van der Waals surface area contributed by atoms with E-state index in [0.29, 0.717) is 17.6 Å². The van der Waals surface area contributed by atoms with Crippen LogP contribution in [0.5, 0.6) is 11.5 Å². The lowest BCUT2D eigenvalue weighted by Gasteiger charge is -2.61. The zero-order valence-corrected chi connectivity index (χ0v) is 28.1. The number of fused-ring (bicyclic) bond motifs is 2. The van der Waals surface area contributed by atoms with Crippen molar-refractivity contribution in [3.8, 4) is 11.5 Å². The number of hydrogen-bond donors (Lipinski definition) is 4. The van der Waals surface area contributed by atoms with Crippen LogP contribution in [0.25, 0.3) is 5.76 Å². The van der Waals surface area contributed by atoms with Crippen LogP contribution in [0.3, 0.4) is 0 Å². The molecule has 2 bridgehead atoms. The predicted molar refractivity (Wildman–Crippen MR) is 178 cm³/mol. The van der Waals surface area contributed by atoms with Gasteiger partial charge in [-0.15, -0.1) is 0 Å². The van der Waals surface area contributed by atoms with E-state index in [9.17, 15) is 30.0 Å². The molecule has 2 saturated carbocycles. The number of allylic oxidation sites excluding steroid dienone is 6. The smallest absolute Gasteiger partial charge is 0.184 e. The van der Waals surface area contributed by atoms with E-state index in [-0.39, 0.29) is 37.2 Å². The molecule has 2 fully saturated rings. The summed E-state index contributed by atoms with van der Waals surface area (Å²) in [6.07, 6.45) is 3.98. The minimum Gasteiger partial charge on any atom is -0.506 e. The highest BCUT2D eigenvalue weighted by atomic mass is 16.3. The number of aliphatic hydroxyl groups excluding tert-OH is 2. The van der Waals surface area contributed by atoms with Gasteiger partial charge in [0, 0.05) is 5.56 Å². The zero-order chi connectivity index (χ0) is 34.2. The van der Waals surface area contributed by atoms with Gasteiger partial charge in [-0.05, 0) is 109 Å². The molecule has 0 amide bonds. The number of Topliss-reactive ketones (excluding diaryl/α,β-unsaturated/α-hetero) is 3. The van der Waals surface area contributed by atoms with Crippen LogP contribution in [0.1, 0.15) is 93.1 Å². The van der Waals surface area contributed by atoms with E-state index in [1.54, 1.807) is 13.8 Å². The Labute approximate surface area is 267 Å². The van der Waals surface area contributed by atoms with Crippen LogP contribution in [0.2, 0.25) is 0 Å². The number of phenols is 2. The molecule has 1 aromatic carbocycles. The number of aliphatic hydroxyl groups is 2. The molecule has 0 heterocycles. The largest absolute Gasteiger partial charge is 0.506 e. The van der Waals surface area contributed by atoms with Crippen LogP contribution < -0.4 is 0 Å². The Hall–Kier alpha value is -3.71. The standard InChI is InChI=1S/C38H50O7/c1-21(2)11-13-27-20-37(19-26(23(5)6)18-29(40)24(7)8)33(43)31(32(42)25-12-14-28(39)30(41)17-25)34(44)38(35(37)45,36(27,9)10)16-15-22(3)4/h11-12,14-15,17,26-27,29,39-42H,5,7,13,16,18-20H2,1-4,6,8-10H3/t26?,27-,29-,37-,38+/m1/s1. The third-order valence-corrected chi connectivity index (χ3v) is 10.3. The summed E-state index contributed by atoms with van der Waals surface area (Å²) in [5, 5.41) is 42.6. The molecule has 3 rings (SSSR count). The molecule has 0 spiro atoms. The van der Waals surface area contributed by atoms with Crippen LogP contribution in [-0.4, -0.2) is 43.9 Å². The molecular weight excluding hydrogens is 568 g/mol. The average molecular weight is 619 g/mol. The maximum absolute atomic E-state index is 15.2. The van der Waals surface area contributed by atoms with E-state index in [0.717, 1.165) is 23.3 Å². The van der Waals surface area contributed by atoms with Gasteiger partial charge in [0.05, 0.1) is 11.5 Å². The van der Waals surface area contributed by atoms with Crippen LogP contribution in [0.15, 0.2) is 71.4 Å². The van der Waals surface area contributed by atoms with Crippen LogP contribution in [0, 0.1) is 28.1 Å². The number of carbonyl (C=O) groups excluding carboxylic acids is 3. The Morgan fingerprint density at radius 3 is 2.04 bits per heavy atom. The van der Waals surface area contributed by atoms with Crippen molar-refractivity contribution in [2.75, 3.05) is 0 Å². The van der Waals surface area contributed by atoms with Crippen molar-refractivity contribution < 1.29 is 34.8 Å². The fraction of sp³-hybridized carbons (Fsp3) is 0.500. The van der Waals surface area contributed by atoms with Gasteiger partial charge in [-0.3, -0.25) is 14.4 Å². The van der Waals surface area contributed by atoms with Crippen LogP contribution in [-0.2, 0) is 14.4 Å².